The highest BCUT2D eigenvalue weighted by Gasteiger charge is 2.68. The number of ether oxygens (including phenoxy) is 1. The summed E-state index contributed by atoms with van der Waals surface area (Å²) in [6, 6.07) is 13.7. The molecule has 2 aromatic carbocycles. The standard InChI is InChI=1S/C42H35Cl2F3N6O6S/c1-18-23-15-20(43)7-12-30(23)60-35(18)27-17-32(50(3)49-27)52-38(56)25-16-24-21(34(41(25,2)40(52)58)19-6-11-29(59-5)28(54)14-19)8-9-22-33(24)39(57)53(37(22)55)51(4)36-26(44)10-13-31(48-36)42(45,46)47/h6-8,10-15,17,22,24-25,33-34,54H,9,16H2,1-5H3/t22-,24+,25-,33-,34-,41+/m0/s1. The molecule has 1 saturated carbocycles. The maximum absolute atomic E-state index is 15.2. The number of anilines is 2. The summed E-state index contributed by atoms with van der Waals surface area (Å²) in [4.78, 5) is 64.5. The zero-order valence-corrected chi connectivity index (χ0v) is 34.9. The summed E-state index contributed by atoms with van der Waals surface area (Å²) in [5.74, 6) is -7.25. The second kappa shape index (κ2) is 13.8. The van der Waals surface area contributed by atoms with Gasteiger partial charge in [0.05, 0.1) is 40.2 Å². The van der Waals surface area contributed by atoms with Gasteiger partial charge in [-0.25, -0.2) is 9.88 Å². The molecule has 2 aliphatic carbocycles. The first kappa shape index (κ1) is 40.0. The van der Waals surface area contributed by atoms with Gasteiger partial charge < -0.3 is 9.84 Å². The SMILES string of the molecule is COc1ccc([C@H]2C3=CC[C@@H]4C(=O)N(N(C)c5nc(C(F)(F)F)ccc5Cl)C(=O)[C@@H]4[C@@H]3C[C@H]3C(=O)N(c4cc(-c5sc6ccc(Cl)cc6c5C)nn4C)C(=O)[C@@]23C)cc1O. The second-order valence-electron chi connectivity index (χ2n) is 15.8. The largest absolute Gasteiger partial charge is 0.504 e. The highest BCUT2D eigenvalue weighted by Crippen LogP contribution is 2.64. The molecule has 5 aromatic rings. The van der Waals surface area contributed by atoms with Gasteiger partial charge in [-0.15, -0.1) is 11.3 Å². The number of hydrazine groups is 1. The molecule has 3 fully saturated rings. The minimum atomic E-state index is -4.83. The molecule has 9 rings (SSSR count). The van der Waals surface area contributed by atoms with Crippen LogP contribution in [0, 0.1) is 36.0 Å². The number of rotatable bonds is 6. The number of aryl methyl sites for hydroxylation is 2. The van der Waals surface area contributed by atoms with Crippen molar-refractivity contribution < 1.29 is 42.2 Å². The summed E-state index contributed by atoms with van der Waals surface area (Å²) in [7, 11) is 4.29. The monoisotopic (exact) mass is 878 g/mol. The number of pyridine rings is 1. The normalized spacial score (nSPS) is 25.2. The average Bonchev–Trinajstić information content (AvgIpc) is 3.87. The Bertz CT molecular complexity index is 2750. The van der Waals surface area contributed by atoms with Crippen LogP contribution >= 0.6 is 34.5 Å². The number of amides is 4. The molecule has 2 aliphatic heterocycles. The van der Waals surface area contributed by atoms with Crippen molar-refractivity contribution in [3.63, 3.8) is 0 Å². The van der Waals surface area contributed by atoms with Crippen LogP contribution in [0.5, 0.6) is 11.5 Å². The van der Waals surface area contributed by atoms with Gasteiger partial charge in [-0.1, -0.05) is 40.9 Å². The molecule has 6 atom stereocenters. The Morgan fingerprint density at radius 3 is 2.45 bits per heavy atom. The van der Waals surface area contributed by atoms with E-state index in [1.807, 2.05) is 25.1 Å². The molecule has 0 bridgehead atoms. The third kappa shape index (κ3) is 5.70. The number of allylic oxidation sites excluding steroid dienone is 2. The molecule has 5 heterocycles. The number of alkyl halides is 3. The van der Waals surface area contributed by atoms with E-state index >= 15 is 4.79 Å². The summed E-state index contributed by atoms with van der Waals surface area (Å²) >= 11 is 14.1. The number of aromatic hydroxyl groups is 1. The molecule has 310 valence electrons. The lowest BCUT2D eigenvalue weighted by atomic mass is 9.51. The van der Waals surface area contributed by atoms with Crippen LogP contribution in [0.4, 0.5) is 24.8 Å². The van der Waals surface area contributed by atoms with Crippen molar-refractivity contribution in [2.24, 2.45) is 36.1 Å². The van der Waals surface area contributed by atoms with E-state index in [-0.39, 0.29) is 35.2 Å². The smallest absolute Gasteiger partial charge is 0.433 e. The number of nitrogens with zero attached hydrogens (tertiary/aromatic N) is 6. The third-order valence-electron chi connectivity index (χ3n) is 12.7. The number of halogens is 5. The molecular formula is C42H35Cl2F3N6O6S. The molecule has 12 nitrogen and oxygen atoms in total. The molecule has 0 unspecified atom stereocenters. The lowest BCUT2D eigenvalue weighted by Gasteiger charge is -2.49. The molecule has 3 aromatic heterocycles. The number of carbonyl (C=O) groups is 4. The molecule has 4 amide bonds. The molecule has 0 radical (unpaired) electrons. The number of thiophene rings is 1. The van der Waals surface area contributed by atoms with Crippen LogP contribution in [0.25, 0.3) is 20.7 Å². The van der Waals surface area contributed by atoms with Crippen molar-refractivity contribution in [2.45, 2.75) is 38.8 Å². The summed E-state index contributed by atoms with van der Waals surface area (Å²) < 4.78 is 48.9. The first-order valence-corrected chi connectivity index (χ1v) is 20.5. The van der Waals surface area contributed by atoms with E-state index in [0.29, 0.717) is 27.9 Å². The van der Waals surface area contributed by atoms with E-state index in [0.717, 1.165) is 41.5 Å². The summed E-state index contributed by atoms with van der Waals surface area (Å²) in [5.41, 5.74) is -0.103. The molecular weight excluding hydrogens is 844 g/mol. The van der Waals surface area contributed by atoms with Crippen molar-refractivity contribution in [3.8, 4) is 22.1 Å². The number of methoxy groups -OCH3 is 1. The summed E-state index contributed by atoms with van der Waals surface area (Å²) in [6.07, 6.45) is -2.94. The Morgan fingerprint density at radius 1 is 1.00 bits per heavy atom. The van der Waals surface area contributed by atoms with Crippen molar-refractivity contribution in [3.05, 3.63) is 93.1 Å². The van der Waals surface area contributed by atoms with Gasteiger partial charge in [0.2, 0.25) is 11.8 Å². The summed E-state index contributed by atoms with van der Waals surface area (Å²) in [6.45, 7) is 3.67. The number of imide groups is 2. The zero-order chi connectivity index (χ0) is 42.9. The van der Waals surface area contributed by atoms with E-state index < -0.39 is 76.3 Å². The van der Waals surface area contributed by atoms with E-state index in [2.05, 4.69) is 4.98 Å². The topological polar surface area (TPSA) is 138 Å². The number of phenolic OH excluding ortho intramolecular Hbond substituents is 1. The lowest BCUT2D eigenvalue weighted by Crippen LogP contribution is -2.49. The first-order chi connectivity index (χ1) is 28.4. The predicted octanol–water partition coefficient (Wildman–Crippen LogP) is 8.33. The fourth-order valence-corrected chi connectivity index (χ4v) is 11.5. The minimum absolute atomic E-state index is 0.00321. The molecule has 60 heavy (non-hydrogen) atoms. The van der Waals surface area contributed by atoms with Gasteiger partial charge in [0.15, 0.2) is 17.3 Å². The number of hydrogen-bond acceptors (Lipinski definition) is 10. The maximum Gasteiger partial charge on any atom is 0.433 e. The number of fused-ring (bicyclic) bond motifs is 5. The molecule has 18 heteroatoms. The van der Waals surface area contributed by atoms with Crippen molar-refractivity contribution in [1.29, 1.82) is 0 Å². The van der Waals surface area contributed by atoms with E-state index in [1.165, 1.54) is 36.2 Å². The molecule has 4 aliphatic rings. The number of phenols is 1. The first-order valence-electron chi connectivity index (χ1n) is 18.9. The van der Waals surface area contributed by atoms with E-state index in [1.54, 1.807) is 38.2 Å². The van der Waals surface area contributed by atoms with Crippen molar-refractivity contribution >= 4 is 79.9 Å². The average molecular weight is 880 g/mol. The Balaban J connectivity index is 1.13. The van der Waals surface area contributed by atoms with Crippen LogP contribution in [-0.4, -0.2) is 62.7 Å². The fraction of sp³-hybridized carbons (Fsp3) is 0.333. The summed E-state index contributed by atoms with van der Waals surface area (Å²) in [5, 5.41) is 18.8. The van der Waals surface area contributed by atoms with E-state index in [4.69, 9.17) is 33.0 Å². The number of aromatic nitrogens is 3. The Hall–Kier alpha value is -5.45. The molecule has 1 N–H and O–H groups in total. The van der Waals surface area contributed by atoms with Gasteiger partial charge in [-0.2, -0.15) is 23.3 Å². The van der Waals surface area contributed by atoms with Gasteiger partial charge in [0, 0.05) is 35.8 Å². The third-order valence-corrected chi connectivity index (χ3v) is 14.6. The number of benzene rings is 2. The second-order valence-corrected chi connectivity index (χ2v) is 17.7. The van der Waals surface area contributed by atoms with E-state index in [9.17, 15) is 32.7 Å². The number of carbonyl (C=O) groups excluding carboxylic acids is 4. The van der Waals surface area contributed by atoms with Gasteiger partial charge in [-0.3, -0.25) is 28.9 Å². The Labute approximate surface area is 354 Å². The van der Waals surface area contributed by atoms with Crippen molar-refractivity contribution in [2.75, 3.05) is 24.1 Å². The van der Waals surface area contributed by atoms with Gasteiger partial charge in [0.25, 0.3) is 11.8 Å². The number of hydrogen-bond donors (Lipinski definition) is 1. The lowest BCUT2D eigenvalue weighted by molar-refractivity contribution is -0.141. The van der Waals surface area contributed by atoms with Crippen molar-refractivity contribution in [1.82, 2.24) is 19.8 Å². The van der Waals surface area contributed by atoms with Crippen LogP contribution in [0.2, 0.25) is 10.0 Å². The highest BCUT2D eigenvalue weighted by atomic mass is 35.5. The van der Waals surface area contributed by atoms with Gasteiger partial charge >= 0.3 is 6.18 Å². The van der Waals surface area contributed by atoms with Gasteiger partial charge in [0.1, 0.15) is 17.2 Å². The predicted molar refractivity (Wildman–Crippen MR) is 218 cm³/mol. The molecule has 0 spiro atoms. The highest BCUT2D eigenvalue weighted by molar-refractivity contribution is 7.22. The molecule has 2 saturated heterocycles. The van der Waals surface area contributed by atoms with Gasteiger partial charge in [-0.05, 0) is 91.6 Å². The Kier molecular flexibility index (Phi) is 9.19. The van der Waals surface area contributed by atoms with Crippen LogP contribution in [0.15, 0.2) is 66.2 Å². The van der Waals surface area contributed by atoms with Crippen LogP contribution in [0.1, 0.15) is 42.5 Å². The fourth-order valence-electron chi connectivity index (χ4n) is 9.91. The Morgan fingerprint density at radius 2 is 1.75 bits per heavy atom. The zero-order valence-electron chi connectivity index (χ0n) is 32.5. The van der Waals surface area contributed by atoms with Crippen LogP contribution in [0.3, 0.4) is 0 Å². The maximum atomic E-state index is 15.2. The quantitative estimate of drug-likeness (QED) is 0.132. The van der Waals surface area contributed by atoms with Crippen LogP contribution < -0.4 is 14.6 Å². The van der Waals surface area contributed by atoms with Crippen LogP contribution in [-0.2, 0) is 32.4 Å². The minimum Gasteiger partial charge on any atom is -0.504 e.